The number of benzene rings is 1. The van der Waals surface area contributed by atoms with Gasteiger partial charge in [0.25, 0.3) is 0 Å². The Morgan fingerprint density at radius 3 is 2.35 bits per heavy atom. The number of anilines is 1. The molecular formula is C14H24N2O3S. The maximum atomic E-state index is 12.7. The number of hydrogen-bond donors (Lipinski definition) is 2. The van der Waals surface area contributed by atoms with E-state index in [0.29, 0.717) is 18.7 Å². The van der Waals surface area contributed by atoms with E-state index in [9.17, 15) is 13.5 Å². The van der Waals surface area contributed by atoms with E-state index in [0.717, 1.165) is 5.56 Å². The van der Waals surface area contributed by atoms with Crippen LogP contribution in [0.1, 0.15) is 33.3 Å². The second-order valence-corrected chi connectivity index (χ2v) is 7.37. The van der Waals surface area contributed by atoms with Crippen LogP contribution >= 0.6 is 0 Å². The molecule has 1 rings (SSSR count). The van der Waals surface area contributed by atoms with Crippen LogP contribution in [0.2, 0.25) is 0 Å². The van der Waals surface area contributed by atoms with Gasteiger partial charge in [0.15, 0.2) is 0 Å². The molecule has 1 aromatic rings. The summed E-state index contributed by atoms with van der Waals surface area (Å²) in [5, 5.41) is 9.88. The molecule has 0 heterocycles. The Labute approximate surface area is 121 Å². The van der Waals surface area contributed by atoms with Crippen molar-refractivity contribution in [3.05, 3.63) is 23.8 Å². The number of sulfonamides is 1. The van der Waals surface area contributed by atoms with Crippen molar-refractivity contribution in [1.82, 2.24) is 4.31 Å². The first-order chi connectivity index (χ1) is 9.11. The van der Waals surface area contributed by atoms with Crippen LogP contribution in [0.3, 0.4) is 0 Å². The molecule has 0 saturated heterocycles. The van der Waals surface area contributed by atoms with Gasteiger partial charge in [-0.2, -0.15) is 4.31 Å². The third-order valence-electron chi connectivity index (χ3n) is 3.01. The zero-order valence-corrected chi connectivity index (χ0v) is 13.4. The van der Waals surface area contributed by atoms with E-state index in [1.54, 1.807) is 32.9 Å². The Morgan fingerprint density at radius 2 is 1.90 bits per heavy atom. The lowest BCUT2D eigenvalue weighted by molar-refractivity contribution is 0.0601. The summed E-state index contributed by atoms with van der Waals surface area (Å²) in [6.45, 7) is 7.17. The number of aliphatic hydroxyl groups is 1. The Morgan fingerprint density at radius 1 is 1.30 bits per heavy atom. The molecule has 0 aliphatic heterocycles. The molecule has 0 aliphatic carbocycles. The number of nitrogens with zero attached hydrogens (tertiary/aromatic N) is 1. The van der Waals surface area contributed by atoms with Gasteiger partial charge in [0, 0.05) is 18.8 Å². The van der Waals surface area contributed by atoms with Crippen molar-refractivity contribution < 1.29 is 13.5 Å². The molecule has 0 bridgehead atoms. The average molecular weight is 300 g/mol. The van der Waals surface area contributed by atoms with Gasteiger partial charge in [0.1, 0.15) is 0 Å². The highest BCUT2D eigenvalue weighted by Gasteiger charge is 2.29. The Kier molecular flexibility index (Phi) is 5.18. The lowest BCUT2D eigenvalue weighted by atomic mass is 10.1. The largest absolute Gasteiger partial charge is 0.399 e. The van der Waals surface area contributed by atoms with E-state index in [-0.39, 0.29) is 11.4 Å². The van der Waals surface area contributed by atoms with E-state index in [4.69, 9.17) is 5.73 Å². The summed E-state index contributed by atoms with van der Waals surface area (Å²) < 4.78 is 26.7. The number of likely N-dealkylation sites (N-methyl/N-ethyl adjacent to an activating group) is 1. The fourth-order valence-corrected chi connectivity index (χ4v) is 3.97. The zero-order valence-electron chi connectivity index (χ0n) is 12.5. The van der Waals surface area contributed by atoms with Crippen molar-refractivity contribution >= 4 is 15.7 Å². The zero-order chi connectivity index (χ0) is 15.6. The van der Waals surface area contributed by atoms with E-state index >= 15 is 0 Å². The quantitative estimate of drug-likeness (QED) is 0.782. The van der Waals surface area contributed by atoms with Gasteiger partial charge in [-0.25, -0.2) is 8.42 Å². The van der Waals surface area contributed by atoms with Gasteiger partial charge in [-0.3, -0.25) is 0 Å². The van der Waals surface area contributed by atoms with Crippen molar-refractivity contribution in [3.63, 3.8) is 0 Å². The van der Waals surface area contributed by atoms with Gasteiger partial charge in [-0.05, 0) is 38.0 Å². The maximum Gasteiger partial charge on any atom is 0.243 e. The summed E-state index contributed by atoms with van der Waals surface area (Å²) in [7, 11) is -3.66. The van der Waals surface area contributed by atoms with E-state index < -0.39 is 15.6 Å². The first kappa shape index (κ1) is 16.9. The molecule has 3 N–H and O–H groups in total. The van der Waals surface area contributed by atoms with Gasteiger partial charge in [-0.15, -0.1) is 0 Å². The van der Waals surface area contributed by atoms with E-state index in [1.807, 2.05) is 6.92 Å². The maximum absolute atomic E-state index is 12.7. The monoisotopic (exact) mass is 300 g/mol. The van der Waals surface area contributed by atoms with Crippen LogP contribution in [-0.4, -0.2) is 36.5 Å². The summed E-state index contributed by atoms with van der Waals surface area (Å²) in [6, 6.07) is 4.92. The van der Waals surface area contributed by atoms with Crippen LogP contribution in [0, 0.1) is 0 Å². The molecule has 0 fully saturated rings. The molecule has 0 aromatic heterocycles. The van der Waals surface area contributed by atoms with Gasteiger partial charge in [0.2, 0.25) is 10.0 Å². The predicted molar refractivity (Wildman–Crippen MR) is 81.0 cm³/mol. The first-order valence-electron chi connectivity index (χ1n) is 6.72. The minimum Gasteiger partial charge on any atom is -0.399 e. The molecule has 0 spiro atoms. The van der Waals surface area contributed by atoms with Gasteiger partial charge < -0.3 is 10.8 Å². The fraction of sp³-hybridized carbons (Fsp3) is 0.571. The Hall–Kier alpha value is -1.11. The molecular weight excluding hydrogens is 276 g/mol. The number of aryl methyl sites for hydroxylation is 1. The third-order valence-corrected chi connectivity index (χ3v) is 5.01. The lowest BCUT2D eigenvalue weighted by Crippen LogP contribution is -2.42. The van der Waals surface area contributed by atoms with Crippen LogP contribution < -0.4 is 5.73 Å². The van der Waals surface area contributed by atoms with Gasteiger partial charge in [-0.1, -0.05) is 19.9 Å². The molecule has 0 amide bonds. The molecule has 0 radical (unpaired) electrons. The normalized spacial score (nSPS) is 12.9. The summed E-state index contributed by atoms with van der Waals surface area (Å²) in [5.41, 5.74) is 5.77. The molecule has 20 heavy (non-hydrogen) atoms. The van der Waals surface area contributed by atoms with Gasteiger partial charge in [0.05, 0.1) is 10.5 Å². The molecule has 5 nitrogen and oxygen atoms in total. The molecule has 0 atom stereocenters. The minimum atomic E-state index is -3.66. The first-order valence-corrected chi connectivity index (χ1v) is 8.16. The van der Waals surface area contributed by atoms with Crippen LogP contribution in [0.5, 0.6) is 0 Å². The molecule has 0 unspecified atom stereocenters. The number of nitrogens with two attached hydrogens (primary N) is 1. The second kappa shape index (κ2) is 6.11. The molecule has 1 aromatic carbocycles. The van der Waals surface area contributed by atoms with E-state index in [2.05, 4.69) is 0 Å². The van der Waals surface area contributed by atoms with Crippen molar-refractivity contribution in [2.24, 2.45) is 0 Å². The standard InChI is InChI=1S/C14H24N2O3S/c1-5-11-7-8-12(15)9-13(11)20(18,19)16(6-2)10-14(3,4)17/h7-9,17H,5-6,10,15H2,1-4H3. The SMILES string of the molecule is CCc1ccc(N)cc1S(=O)(=O)N(CC)CC(C)(C)O. The van der Waals surface area contributed by atoms with Crippen LogP contribution in [0.25, 0.3) is 0 Å². The fourth-order valence-electron chi connectivity index (χ4n) is 2.04. The number of rotatable bonds is 6. The van der Waals surface area contributed by atoms with Crippen molar-refractivity contribution in [1.29, 1.82) is 0 Å². The number of nitrogen functional groups attached to an aromatic ring is 1. The smallest absolute Gasteiger partial charge is 0.243 e. The van der Waals surface area contributed by atoms with Crippen molar-refractivity contribution in [3.8, 4) is 0 Å². The highest BCUT2D eigenvalue weighted by Crippen LogP contribution is 2.24. The molecule has 0 saturated carbocycles. The number of hydrogen-bond acceptors (Lipinski definition) is 4. The van der Waals surface area contributed by atoms with Crippen LogP contribution in [0.4, 0.5) is 5.69 Å². The summed E-state index contributed by atoms with van der Waals surface area (Å²) in [5.74, 6) is 0. The second-order valence-electron chi connectivity index (χ2n) is 5.46. The highest BCUT2D eigenvalue weighted by atomic mass is 32.2. The summed E-state index contributed by atoms with van der Waals surface area (Å²) in [6.07, 6.45) is 0.606. The third kappa shape index (κ3) is 3.94. The molecule has 114 valence electrons. The molecule has 0 aliphatic rings. The lowest BCUT2D eigenvalue weighted by Gasteiger charge is -2.28. The summed E-state index contributed by atoms with van der Waals surface area (Å²) >= 11 is 0. The molecule has 6 heteroatoms. The van der Waals surface area contributed by atoms with Crippen LogP contribution in [-0.2, 0) is 16.4 Å². The Balaban J connectivity index is 3.30. The Bertz CT molecular complexity index is 562. The minimum absolute atomic E-state index is 0.0454. The summed E-state index contributed by atoms with van der Waals surface area (Å²) in [4.78, 5) is 0.228. The van der Waals surface area contributed by atoms with Crippen LogP contribution in [0.15, 0.2) is 23.1 Å². The topological polar surface area (TPSA) is 83.6 Å². The van der Waals surface area contributed by atoms with Crippen molar-refractivity contribution in [2.75, 3.05) is 18.8 Å². The average Bonchev–Trinajstić information content (AvgIpc) is 2.34. The predicted octanol–water partition coefficient (Wildman–Crippen LogP) is 1.61. The van der Waals surface area contributed by atoms with E-state index in [1.165, 1.54) is 10.4 Å². The van der Waals surface area contributed by atoms with Gasteiger partial charge >= 0.3 is 0 Å². The van der Waals surface area contributed by atoms with Crippen molar-refractivity contribution in [2.45, 2.75) is 44.6 Å². The highest BCUT2D eigenvalue weighted by molar-refractivity contribution is 7.89.